The van der Waals surface area contributed by atoms with E-state index in [0.717, 1.165) is 16.6 Å². The topological polar surface area (TPSA) is 25.8 Å². The number of hydrogen-bond donors (Lipinski definition) is 0. The molecule has 0 atom stereocenters. The number of aryl methyl sites for hydroxylation is 1. The molecule has 3 aromatic heterocycles. The largest absolute Gasteiger partial charge is 0.265 e. The zero-order chi connectivity index (χ0) is 11.8. The highest BCUT2D eigenvalue weighted by molar-refractivity contribution is 7.17. The molecule has 0 aliphatic carbocycles. The van der Waals surface area contributed by atoms with Crippen LogP contribution in [0.25, 0.3) is 21.3 Å². The smallest absolute Gasteiger partial charge is 0.130 e. The number of aromatic nitrogens is 2. The summed E-state index contributed by atoms with van der Waals surface area (Å²) in [5, 5.41) is 2.67. The molecule has 0 bridgehead atoms. The minimum atomic E-state index is 0.545. The Morgan fingerprint density at radius 3 is 2.76 bits per heavy atom. The first-order valence-electron chi connectivity index (χ1n) is 5.20. The van der Waals surface area contributed by atoms with Crippen molar-refractivity contribution in [2.24, 2.45) is 0 Å². The summed E-state index contributed by atoms with van der Waals surface area (Å²) < 4.78 is 1.20. The maximum absolute atomic E-state index is 6.02. The number of nitrogens with zero attached hydrogens (tertiary/aromatic N) is 2. The van der Waals surface area contributed by atoms with Crippen molar-refractivity contribution in [2.45, 2.75) is 6.92 Å². The number of thiophene rings is 1. The molecular weight excluding hydrogens is 252 g/mol. The molecule has 0 spiro atoms. The van der Waals surface area contributed by atoms with E-state index < -0.39 is 0 Å². The Hall–Kier alpha value is -1.45. The summed E-state index contributed by atoms with van der Waals surface area (Å²) in [6, 6.07) is 5.87. The zero-order valence-corrected chi connectivity index (χ0v) is 10.7. The molecule has 0 fully saturated rings. The Morgan fingerprint density at radius 2 is 2.00 bits per heavy atom. The van der Waals surface area contributed by atoms with Crippen LogP contribution in [0, 0.1) is 6.92 Å². The SMILES string of the molecule is Cc1cc(Cl)nc2c(-c3ccncc3)csc12. The molecule has 0 aromatic carbocycles. The van der Waals surface area contributed by atoms with Gasteiger partial charge in [0.15, 0.2) is 0 Å². The second-order valence-electron chi connectivity index (χ2n) is 3.82. The number of rotatable bonds is 1. The quantitative estimate of drug-likeness (QED) is 0.609. The molecule has 0 aliphatic heterocycles. The highest BCUT2D eigenvalue weighted by Crippen LogP contribution is 2.35. The lowest BCUT2D eigenvalue weighted by atomic mass is 10.1. The number of hydrogen-bond acceptors (Lipinski definition) is 3. The van der Waals surface area contributed by atoms with Gasteiger partial charge in [-0.05, 0) is 36.2 Å². The summed E-state index contributed by atoms with van der Waals surface area (Å²) in [5.41, 5.74) is 4.40. The van der Waals surface area contributed by atoms with Crippen LogP contribution >= 0.6 is 22.9 Å². The molecular formula is C13H9ClN2S. The summed E-state index contributed by atoms with van der Waals surface area (Å²) in [6.07, 6.45) is 3.58. The average molecular weight is 261 g/mol. The van der Waals surface area contributed by atoms with Gasteiger partial charge in [-0.15, -0.1) is 11.3 Å². The van der Waals surface area contributed by atoms with Crippen molar-refractivity contribution < 1.29 is 0 Å². The predicted octanol–water partition coefficient (Wildman–Crippen LogP) is 4.32. The van der Waals surface area contributed by atoms with E-state index in [4.69, 9.17) is 11.6 Å². The zero-order valence-electron chi connectivity index (χ0n) is 9.14. The van der Waals surface area contributed by atoms with Crippen LogP contribution in [0.4, 0.5) is 0 Å². The monoisotopic (exact) mass is 260 g/mol. The van der Waals surface area contributed by atoms with Crippen molar-refractivity contribution in [2.75, 3.05) is 0 Å². The van der Waals surface area contributed by atoms with E-state index in [1.807, 2.05) is 18.2 Å². The van der Waals surface area contributed by atoms with Crippen LogP contribution in [0.3, 0.4) is 0 Å². The maximum atomic E-state index is 6.02. The molecule has 4 heteroatoms. The Morgan fingerprint density at radius 1 is 1.24 bits per heavy atom. The van der Waals surface area contributed by atoms with Gasteiger partial charge in [0.25, 0.3) is 0 Å². The molecule has 3 heterocycles. The lowest BCUT2D eigenvalue weighted by molar-refractivity contribution is 1.33. The van der Waals surface area contributed by atoms with E-state index >= 15 is 0 Å². The molecule has 0 aliphatic rings. The highest BCUT2D eigenvalue weighted by Gasteiger charge is 2.10. The third-order valence-electron chi connectivity index (χ3n) is 2.67. The van der Waals surface area contributed by atoms with E-state index in [-0.39, 0.29) is 0 Å². The molecule has 0 amide bonds. The summed E-state index contributed by atoms with van der Waals surface area (Å²) in [5.74, 6) is 0. The van der Waals surface area contributed by atoms with E-state index in [1.54, 1.807) is 23.7 Å². The summed E-state index contributed by atoms with van der Waals surface area (Å²) in [7, 11) is 0. The number of halogens is 1. The van der Waals surface area contributed by atoms with E-state index in [0.29, 0.717) is 5.15 Å². The van der Waals surface area contributed by atoms with Crippen LogP contribution in [0.1, 0.15) is 5.56 Å². The second-order valence-corrected chi connectivity index (χ2v) is 5.09. The molecule has 0 unspecified atom stereocenters. The normalized spacial score (nSPS) is 10.9. The summed E-state index contributed by atoms with van der Waals surface area (Å²) in [4.78, 5) is 8.46. The first kappa shape index (κ1) is 10.7. The molecule has 3 rings (SSSR count). The summed E-state index contributed by atoms with van der Waals surface area (Å²) in [6.45, 7) is 2.06. The van der Waals surface area contributed by atoms with Gasteiger partial charge in [0.2, 0.25) is 0 Å². The van der Waals surface area contributed by atoms with Gasteiger partial charge in [0, 0.05) is 23.3 Å². The van der Waals surface area contributed by atoms with E-state index in [9.17, 15) is 0 Å². The second kappa shape index (κ2) is 4.09. The third kappa shape index (κ3) is 1.81. The standard InChI is InChI=1S/C13H9ClN2S/c1-8-6-11(14)16-12-10(7-17-13(8)12)9-2-4-15-5-3-9/h2-7H,1H3. The highest BCUT2D eigenvalue weighted by atomic mass is 35.5. The van der Waals surface area contributed by atoms with Crippen LogP contribution in [0.2, 0.25) is 5.15 Å². The fourth-order valence-electron chi connectivity index (χ4n) is 1.86. The Labute approximate surface area is 108 Å². The molecule has 0 N–H and O–H groups in total. The van der Waals surface area contributed by atoms with Gasteiger partial charge >= 0.3 is 0 Å². The minimum absolute atomic E-state index is 0.545. The Bertz CT molecular complexity index is 676. The van der Waals surface area contributed by atoms with Crippen LogP contribution in [-0.4, -0.2) is 9.97 Å². The van der Waals surface area contributed by atoms with Crippen LogP contribution in [0.5, 0.6) is 0 Å². The first-order valence-corrected chi connectivity index (χ1v) is 6.46. The molecule has 0 saturated carbocycles. The minimum Gasteiger partial charge on any atom is -0.265 e. The average Bonchev–Trinajstić information content (AvgIpc) is 2.74. The molecule has 0 radical (unpaired) electrons. The Kier molecular flexibility index (Phi) is 2.57. The summed E-state index contributed by atoms with van der Waals surface area (Å²) >= 11 is 7.72. The van der Waals surface area contributed by atoms with Crippen molar-refractivity contribution in [1.29, 1.82) is 0 Å². The van der Waals surface area contributed by atoms with Crippen molar-refractivity contribution >= 4 is 33.2 Å². The number of fused-ring (bicyclic) bond motifs is 1. The fourth-order valence-corrected chi connectivity index (χ4v) is 3.11. The van der Waals surface area contributed by atoms with Gasteiger partial charge < -0.3 is 0 Å². The van der Waals surface area contributed by atoms with Gasteiger partial charge in [-0.1, -0.05) is 11.6 Å². The maximum Gasteiger partial charge on any atom is 0.130 e. The molecule has 3 aromatic rings. The van der Waals surface area contributed by atoms with Gasteiger partial charge in [-0.2, -0.15) is 0 Å². The van der Waals surface area contributed by atoms with Crippen LogP contribution < -0.4 is 0 Å². The molecule has 84 valence electrons. The predicted molar refractivity (Wildman–Crippen MR) is 72.6 cm³/mol. The van der Waals surface area contributed by atoms with Gasteiger partial charge in [-0.25, -0.2) is 4.98 Å². The van der Waals surface area contributed by atoms with Crippen molar-refractivity contribution in [3.8, 4) is 11.1 Å². The van der Waals surface area contributed by atoms with Gasteiger partial charge in [0.05, 0.1) is 10.2 Å². The van der Waals surface area contributed by atoms with Crippen molar-refractivity contribution in [1.82, 2.24) is 9.97 Å². The van der Waals surface area contributed by atoms with Crippen LogP contribution in [0.15, 0.2) is 36.0 Å². The Balaban J connectivity index is 2.32. The van der Waals surface area contributed by atoms with Crippen molar-refractivity contribution in [3.63, 3.8) is 0 Å². The molecule has 0 saturated heterocycles. The lowest BCUT2D eigenvalue weighted by Gasteiger charge is -2.00. The first-order chi connectivity index (χ1) is 8.25. The van der Waals surface area contributed by atoms with E-state index in [1.165, 1.54) is 10.3 Å². The fraction of sp³-hybridized carbons (Fsp3) is 0.0769. The van der Waals surface area contributed by atoms with Gasteiger partial charge in [0.1, 0.15) is 5.15 Å². The van der Waals surface area contributed by atoms with Crippen molar-refractivity contribution in [3.05, 3.63) is 46.7 Å². The third-order valence-corrected chi connectivity index (χ3v) is 3.97. The lowest BCUT2D eigenvalue weighted by Crippen LogP contribution is -1.83. The van der Waals surface area contributed by atoms with E-state index in [2.05, 4.69) is 22.3 Å². The van der Waals surface area contributed by atoms with Crippen LogP contribution in [-0.2, 0) is 0 Å². The molecule has 17 heavy (non-hydrogen) atoms. The number of pyridine rings is 2. The molecule has 2 nitrogen and oxygen atoms in total. The van der Waals surface area contributed by atoms with Gasteiger partial charge in [-0.3, -0.25) is 4.98 Å².